The summed E-state index contributed by atoms with van der Waals surface area (Å²) in [7, 11) is 2.11. The van der Waals surface area contributed by atoms with Crippen LogP contribution in [0.5, 0.6) is 0 Å². The van der Waals surface area contributed by atoms with Crippen molar-refractivity contribution in [2.24, 2.45) is 0 Å². The summed E-state index contributed by atoms with van der Waals surface area (Å²) in [5.41, 5.74) is 1.46. The van der Waals surface area contributed by atoms with Crippen molar-refractivity contribution in [1.29, 1.82) is 0 Å². The van der Waals surface area contributed by atoms with Crippen LogP contribution in [0.3, 0.4) is 0 Å². The van der Waals surface area contributed by atoms with Gasteiger partial charge >= 0.3 is 0 Å². The van der Waals surface area contributed by atoms with Gasteiger partial charge in [0.1, 0.15) is 5.82 Å². The van der Waals surface area contributed by atoms with E-state index in [1.54, 1.807) is 18.5 Å². The van der Waals surface area contributed by atoms with E-state index in [0.717, 1.165) is 37.7 Å². The van der Waals surface area contributed by atoms with Gasteiger partial charge < -0.3 is 15.1 Å². The van der Waals surface area contributed by atoms with Crippen LogP contribution in [0.2, 0.25) is 0 Å². The lowest BCUT2D eigenvalue weighted by molar-refractivity contribution is 0.0950. The molecule has 0 aliphatic carbocycles. The molecule has 3 rings (SSSR count). The molecule has 1 saturated heterocycles. The molecule has 120 valence electrons. The number of hydrogen-bond donors (Lipinski definition) is 1. The van der Waals surface area contributed by atoms with Gasteiger partial charge in [-0.05, 0) is 31.3 Å². The standard InChI is InChI=1S/C17H21N5O/c1-21-9-11-22(12-10-21)16-15(6-4-8-19-16)17(23)20-13-14-5-2-3-7-18-14/h2-8H,9-13H2,1H3,(H,20,23). The van der Waals surface area contributed by atoms with Gasteiger partial charge in [0.05, 0.1) is 17.8 Å². The number of carbonyl (C=O) groups excluding carboxylic acids is 1. The monoisotopic (exact) mass is 311 g/mol. The van der Waals surface area contributed by atoms with Crippen molar-refractivity contribution < 1.29 is 4.79 Å². The molecule has 3 heterocycles. The van der Waals surface area contributed by atoms with Gasteiger partial charge in [-0.25, -0.2) is 4.98 Å². The third-order valence-corrected chi connectivity index (χ3v) is 3.99. The summed E-state index contributed by atoms with van der Waals surface area (Å²) in [5.74, 6) is 0.650. The van der Waals surface area contributed by atoms with E-state index in [-0.39, 0.29) is 5.91 Å². The molecule has 2 aromatic rings. The van der Waals surface area contributed by atoms with Crippen LogP contribution in [0, 0.1) is 0 Å². The van der Waals surface area contributed by atoms with Crippen molar-refractivity contribution >= 4 is 11.7 Å². The summed E-state index contributed by atoms with van der Waals surface area (Å²) in [6.07, 6.45) is 3.46. The second-order valence-corrected chi connectivity index (χ2v) is 5.67. The van der Waals surface area contributed by atoms with Crippen LogP contribution in [-0.4, -0.2) is 54.0 Å². The Hall–Kier alpha value is -2.47. The number of nitrogens with zero attached hydrogens (tertiary/aromatic N) is 4. The lowest BCUT2D eigenvalue weighted by atomic mass is 10.2. The molecule has 1 aliphatic rings. The fourth-order valence-electron chi connectivity index (χ4n) is 2.61. The predicted molar refractivity (Wildman–Crippen MR) is 89.4 cm³/mol. The predicted octanol–water partition coefficient (Wildman–Crippen LogP) is 1.16. The maximum Gasteiger partial charge on any atom is 0.255 e. The smallest absolute Gasteiger partial charge is 0.255 e. The highest BCUT2D eigenvalue weighted by Crippen LogP contribution is 2.18. The zero-order valence-corrected chi connectivity index (χ0v) is 13.3. The number of aromatic nitrogens is 2. The summed E-state index contributed by atoms with van der Waals surface area (Å²) >= 11 is 0. The molecule has 0 saturated carbocycles. The third kappa shape index (κ3) is 3.84. The molecule has 1 N–H and O–H groups in total. The number of hydrogen-bond acceptors (Lipinski definition) is 5. The summed E-state index contributed by atoms with van der Waals surface area (Å²) < 4.78 is 0. The van der Waals surface area contributed by atoms with Crippen molar-refractivity contribution in [3.63, 3.8) is 0 Å². The summed E-state index contributed by atoms with van der Waals surface area (Å²) in [5, 5.41) is 2.92. The van der Waals surface area contributed by atoms with E-state index in [1.807, 2.05) is 24.3 Å². The maximum absolute atomic E-state index is 12.5. The fourth-order valence-corrected chi connectivity index (χ4v) is 2.61. The van der Waals surface area contributed by atoms with E-state index < -0.39 is 0 Å². The van der Waals surface area contributed by atoms with E-state index >= 15 is 0 Å². The Balaban J connectivity index is 1.70. The van der Waals surface area contributed by atoms with E-state index in [2.05, 4.69) is 32.1 Å². The first kappa shape index (κ1) is 15.4. The van der Waals surface area contributed by atoms with Gasteiger partial charge in [-0.1, -0.05) is 6.07 Å². The normalized spacial score (nSPS) is 15.4. The van der Waals surface area contributed by atoms with Gasteiger partial charge in [0.15, 0.2) is 0 Å². The molecule has 0 radical (unpaired) electrons. The number of carbonyl (C=O) groups is 1. The zero-order chi connectivity index (χ0) is 16.1. The number of amides is 1. The Morgan fingerprint density at radius 2 is 1.87 bits per heavy atom. The number of rotatable bonds is 4. The SMILES string of the molecule is CN1CCN(c2ncccc2C(=O)NCc2ccccn2)CC1. The minimum absolute atomic E-state index is 0.113. The van der Waals surface area contributed by atoms with E-state index in [4.69, 9.17) is 0 Å². The Bertz CT molecular complexity index is 653. The molecule has 0 unspecified atom stereocenters. The van der Waals surface area contributed by atoms with Crippen molar-refractivity contribution in [3.05, 3.63) is 54.0 Å². The molecule has 1 amide bonds. The molecular formula is C17H21N5O. The van der Waals surface area contributed by atoms with Gasteiger partial charge in [0.25, 0.3) is 5.91 Å². The number of piperazine rings is 1. The second kappa shape index (κ2) is 7.19. The molecule has 0 aromatic carbocycles. The van der Waals surface area contributed by atoms with Crippen LogP contribution < -0.4 is 10.2 Å². The Labute approximate surface area is 136 Å². The van der Waals surface area contributed by atoms with Crippen LogP contribution in [0.15, 0.2) is 42.7 Å². The average molecular weight is 311 g/mol. The molecule has 1 aliphatic heterocycles. The van der Waals surface area contributed by atoms with Crippen LogP contribution in [0.25, 0.3) is 0 Å². The summed E-state index contributed by atoms with van der Waals surface area (Å²) in [6, 6.07) is 9.29. The van der Waals surface area contributed by atoms with Crippen LogP contribution in [0.1, 0.15) is 16.1 Å². The van der Waals surface area contributed by atoms with Gasteiger partial charge in [0.2, 0.25) is 0 Å². The van der Waals surface area contributed by atoms with Crippen molar-refractivity contribution in [3.8, 4) is 0 Å². The molecule has 1 fully saturated rings. The minimum atomic E-state index is -0.113. The Morgan fingerprint density at radius 3 is 2.61 bits per heavy atom. The van der Waals surface area contributed by atoms with Crippen LogP contribution in [0.4, 0.5) is 5.82 Å². The Morgan fingerprint density at radius 1 is 1.09 bits per heavy atom. The Kier molecular flexibility index (Phi) is 4.83. The van der Waals surface area contributed by atoms with E-state index in [0.29, 0.717) is 12.1 Å². The van der Waals surface area contributed by atoms with Crippen LogP contribution >= 0.6 is 0 Å². The van der Waals surface area contributed by atoms with Gasteiger partial charge in [0, 0.05) is 38.6 Å². The van der Waals surface area contributed by atoms with E-state index in [9.17, 15) is 4.79 Å². The maximum atomic E-state index is 12.5. The number of likely N-dealkylation sites (N-methyl/N-ethyl adjacent to an activating group) is 1. The van der Waals surface area contributed by atoms with Crippen molar-refractivity contribution in [2.45, 2.75) is 6.54 Å². The van der Waals surface area contributed by atoms with Crippen LogP contribution in [-0.2, 0) is 6.54 Å². The lowest BCUT2D eigenvalue weighted by Gasteiger charge is -2.34. The van der Waals surface area contributed by atoms with Gasteiger partial charge in [-0.3, -0.25) is 9.78 Å². The molecule has 0 atom stereocenters. The molecule has 6 nitrogen and oxygen atoms in total. The number of anilines is 1. The molecule has 0 bridgehead atoms. The molecule has 2 aromatic heterocycles. The fraction of sp³-hybridized carbons (Fsp3) is 0.353. The van der Waals surface area contributed by atoms with Gasteiger partial charge in [-0.15, -0.1) is 0 Å². The number of nitrogens with one attached hydrogen (secondary N) is 1. The highest BCUT2D eigenvalue weighted by atomic mass is 16.1. The summed E-state index contributed by atoms with van der Waals surface area (Å²) in [4.78, 5) is 25.6. The first-order valence-corrected chi connectivity index (χ1v) is 7.80. The topological polar surface area (TPSA) is 61.4 Å². The largest absolute Gasteiger partial charge is 0.353 e. The quantitative estimate of drug-likeness (QED) is 0.918. The minimum Gasteiger partial charge on any atom is -0.353 e. The van der Waals surface area contributed by atoms with E-state index in [1.165, 1.54) is 0 Å². The molecule has 0 spiro atoms. The molecule has 6 heteroatoms. The molecule has 23 heavy (non-hydrogen) atoms. The second-order valence-electron chi connectivity index (χ2n) is 5.67. The molecular weight excluding hydrogens is 290 g/mol. The lowest BCUT2D eigenvalue weighted by Crippen LogP contribution is -2.45. The zero-order valence-electron chi connectivity index (χ0n) is 13.3. The first-order chi connectivity index (χ1) is 11.2. The van der Waals surface area contributed by atoms with Gasteiger partial charge in [-0.2, -0.15) is 0 Å². The van der Waals surface area contributed by atoms with Crippen molar-refractivity contribution in [2.75, 3.05) is 38.1 Å². The average Bonchev–Trinajstić information content (AvgIpc) is 2.61. The van der Waals surface area contributed by atoms with Crippen molar-refractivity contribution in [1.82, 2.24) is 20.2 Å². The highest BCUT2D eigenvalue weighted by molar-refractivity contribution is 5.98. The number of pyridine rings is 2. The third-order valence-electron chi connectivity index (χ3n) is 3.99. The highest BCUT2D eigenvalue weighted by Gasteiger charge is 2.21. The summed E-state index contributed by atoms with van der Waals surface area (Å²) in [6.45, 7) is 4.13. The first-order valence-electron chi connectivity index (χ1n) is 7.80.